The first-order valence-electron chi connectivity index (χ1n) is 6.08. The van der Waals surface area contributed by atoms with E-state index in [1.807, 2.05) is 18.5 Å². The van der Waals surface area contributed by atoms with Crippen molar-refractivity contribution in [3.63, 3.8) is 0 Å². The number of aromatic nitrogens is 1. The highest BCUT2D eigenvalue weighted by atomic mass is 35.5. The lowest BCUT2D eigenvalue weighted by molar-refractivity contribution is 0.345. The topological polar surface area (TPSA) is 24.9 Å². The van der Waals surface area contributed by atoms with E-state index in [2.05, 4.69) is 16.4 Å². The molecule has 1 saturated carbocycles. The number of nitrogens with one attached hydrogen (secondary N) is 1. The molecule has 3 heteroatoms. The minimum absolute atomic E-state index is 0.426. The second-order valence-electron chi connectivity index (χ2n) is 4.61. The quantitative estimate of drug-likeness (QED) is 0.816. The van der Waals surface area contributed by atoms with Gasteiger partial charge in [-0.15, -0.1) is 11.6 Å². The third-order valence-electron chi connectivity index (χ3n) is 3.26. The van der Waals surface area contributed by atoms with Crippen molar-refractivity contribution in [3.8, 4) is 0 Å². The molecule has 1 aromatic rings. The van der Waals surface area contributed by atoms with Crippen molar-refractivity contribution in [2.24, 2.45) is 5.92 Å². The van der Waals surface area contributed by atoms with Gasteiger partial charge in [0, 0.05) is 24.3 Å². The van der Waals surface area contributed by atoms with Crippen molar-refractivity contribution >= 4 is 11.6 Å². The van der Waals surface area contributed by atoms with E-state index in [0.717, 1.165) is 19.0 Å². The molecule has 1 N–H and O–H groups in total. The summed E-state index contributed by atoms with van der Waals surface area (Å²) in [7, 11) is 0. The Balaban J connectivity index is 1.65. The van der Waals surface area contributed by atoms with Crippen LogP contribution in [0.15, 0.2) is 24.5 Å². The first-order valence-corrected chi connectivity index (χ1v) is 6.52. The van der Waals surface area contributed by atoms with E-state index >= 15 is 0 Å². The number of pyridine rings is 1. The predicted octanol–water partition coefficient (Wildman–Crippen LogP) is 2.97. The molecule has 0 spiro atoms. The maximum absolute atomic E-state index is 6.08. The number of halogens is 1. The van der Waals surface area contributed by atoms with Crippen LogP contribution in [0.2, 0.25) is 0 Å². The standard InChI is InChI=1S/C13H19ClN2/c14-13-5-3-11(4-6-13)8-16-10-12-2-1-7-15-9-12/h1-2,7,9,11,13,16H,3-6,8,10H2. The smallest absolute Gasteiger partial charge is 0.0336 e. The molecule has 1 aliphatic rings. The van der Waals surface area contributed by atoms with Crippen LogP contribution in [0, 0.1) is 5.92 Å². The largest absolute Gasteiger partial charge is 0.312 e. The molecule has 1 fully saturated rings. The van der Waals surface area contributed by atoms with Gasteiger partial charge in [-0.1, -0.05) is 6.07 Å². The van der Waals surface area contributed by atoms with Gasteiger partial charge in [-0.05, 0) is 49.8 Å². The van der Waals surface area contributed by atoms with Crippen LogP contribution in [0.1, 0.15) is 31.2 Å². The van der Waals surface area contributed by atoms with Crippen molar-refractivity contribution in [1.82, 2.24) is 10.3 Å². The first kappa shape index (κ1) is 11.9. The Morgan fingerprint density at radius 3 is 2.81 bits per heavy atom. The lowest BCUT2D eigenvalue weighted by Crippen LogP contribution is -2.26. The Morgan fingerprint density at radius 1 is 1.31 bits per heavy atom. The summed E-state index contributed by atoms with van der Waals surface area (Å²) < 4.78 is 0. The fraction of sp³-hybridized carbons (Fsp3) is 0.615. The third kappa shape index (κ3) is 3.76. The maximum Gasteiger partial charge on any atom is 0.0336 e. The van der Waals surface area contributed by atoms with Gasteiger partial charge >= 0.3 is 0 Å². The molecule has 0 amide bonds. The van der Waals surface area contributed by atoms with Gasteiger partial charge < -0.3 is 5.32 Å². The number of alkyl halides is 1. The molecule has 2 rings (SSSR count). The predicted molar refractivity (Wildman–Crippen MR) is 67.5 cm³/mol. The van der Waals surface area contributed by atoms with E-state index in [4.69, 9.17) is 11.6 Å². The van der Waals surface area contributed by atoms with Crippen LogP contribution in [0.4, 0.5) is 0 Å². The van der Waals surface area contributed by atoms with Crippen LogP contribution in [-0.2, 0) is 6.54 Å². The summed E-state index contributed by atoms with van der Waals surface area (Å²) in [6.07, 6.45) is 8.64. The molecule has 1 heterocycles. The maximum atomic E-state index is 6.08. The lowest BCUT2D eigenvalue weighted by atomic mass is 9.89. The van der Waals surface area contributed by atoms with Crippen LogP contribution in [0.5, 0.6) is 0 Å². The lowest BCUT2D eigenvalue weighted by Gasteiger charge is -2.25. The molecular formula is C13H19ClN2. The molecule has 16 heavy (non-hydrogen) atoms. The zero-order chi connectivity index (χ0) is 11.2. The third-order valence-corrected chi connectivity index (χ3v) is 3.70. The molecule has 2 nitrogen and oxygen atoms in total. The molecule has 0 aromatic carbocycles. The van der Waals surface area contributed by atoms with E-state index in [0.29, 0.717) is 5.38 Å². The Hall–Kier alpha value is -0.600. The highest BCUT2D eigenvalue weighted by molar-refractivity contribution is 6.20. The molecule has 0 atom stereocenters. The van der Waals surface area contributed by atoms with E-state index in [-0.39, 0.29) is 0 Å². The van der Waals surface area contributed by atoms with E-state index in [1.54, 1.807) is 0 Å². The summed E-state index contributed by atoms with van der Waals surface area (Å²) in [5, 5.41) is 3.93. The Morgan fingerprint density at radius 2 is 2.12 bits per heavy atom. The van der Waals surface area contributed by atoms with Crippen LogP contribution in [0.25, 0.3) is 0 Å². The zero-order valence-electron chi connectivity index (χ0n) is 9.53. The summed E-state index contributed by atoms with van der Waals surface area (Å²) in [5.74, 6) is 0.812. The van der Waals surface area contributed by atoms with Crippen LogP contribution < -0.4 is 5.32 Å². The van der Waals surface area contributed by atoms with Gasteiger partial charge in [0.2, 0.25) is 0 Å². The Bertz CT molecular complexity index is 294. The Labute approximate surface area is 102 Å². The van der Waals surface area contributed by atoms with Gasteiger partial charge in [0.25, 0.3) is 0 Å². The van der Waals surface area contributed by atoms with Gasteiger partial charge in [-0.25, -0.2) is 0 Å². The highest BCUT2D eigenvalue weighted by Crippen LogP contribution is 2.26. The minimum Gasteiger partial charge on any atom is -0.312 e. The molecule has 88 valence electrons. The van der Waals surface area contributed by atoms with Crippen LogP contribution in [0.3, 0.4) is 0 Å². The van der Waals surface area contributed by atoms with E-state index < -0.39 is 0 Å². The van der Waals surface area contributed by atoms with Gasteiger partial charge in [0.05, 0.1) is 0 Å². The monoisotopic (exact) mass is 238 g/mol. The highest BCUT2D eigenvalue weighted by Gasteiger charge is 2.18. The van der Waals surface area contributed by atoms with Gasteiger partial charge in [-0.2, -0.15) is 0 Å². The fourth-order valence-corrected chi connectivity index (χ4v) is 2.50. The van der Waals surface area contributed by atoms with Crippen molar-refractivity contribution in [2.75, 3.05) is 6.54 Å². The molecular weight excluding hydrogens is 220 g/mol. The first-order chi connectivity index (χ1) is 7.84. The molecule has 0 aliphatic heterocycles. The number of hydrogen-bond acceptors (Lipinski definition) is 2. The Kier molecular flexibility index (Phi) is 4.61. The van der Waals surface area contributed by atoms with E-state index in [1.165, 1.54) is 31.2 Å². The van der Waals surface area contributed by atoms with Crippen molar-refractivity contribution in [2.45, 2.75) is 37.6 Å². The summed E-state index contributed by atoms with van der Waals surface area (Å²) in [5.41, 5.74) is 1.26. The van der Waals surface area contributed by atoms with Crippen molar-refractivity contribution < 1.29 is 0 Å². The fourth-order valence-electron chi connectivity index (χ4n) is 2.25. The summed E-state index contributed by atoms with van der Waals surface area (Å²) in [6.45, 7) is 2.03. The average molecular weight is 239 g/mol. The molecule has 0 bridgehead atoms. The minimum atomic E-state index is 0.426. The zero-order valence-corrected chi connectivity index (χ0v) is 10.3. The summed E-state index contributed by atoms with van der Waals surface area (Å²) in [6, 6.07) is 4.09. The molecule has 1 aromatic heterocycles. The van der Waals surface area contributed by atoms with Crippen molar-refractivity contribution in [3.05, 3.63) is 30.1 Å². The number of nitrogens with zero attached hydrogens (tertiary/aromatic N) is 1. The molecule has 0 saturated heterocycles. The summed E-state index contributed by atoms with van der Waals surface area (Å²) >= 11 is 6.08. The SMILES string of the molecule is ClC1CCC(CNCc2cccnc2)CC1. The van der Waals surface area contributed by atoms with Gasteiger partial charge in [-0.3, -0.25) is 4.98 Å². The number of hydrogen-bond donors (Lipinski definition) is 1. The second kappa shape index (κ2) is 6.21. The average Bonchev–Trinajstić information content (AvgIpc) is 2.33. The summed E-state index contributed by atoms with van der Waals surface area (Å²) in [4.78, 5) is 4.10. The van der Waals surface area contributed by atoms with Crippen molar-refractivity contribution in [1.29, 1.82) is 0 Å². The second-order valence-corrected chi connectivity index (χ2v) is 5.23. The molecule has 0 radical (unpaired) electrons. The van der Waals surface area contributed by atoms with Crippen LogP contribution >= 0.6 is 11.6 Å². The molecule has 1 aliphatic carbocycles. The number of rotatable bonds is 4. The van der Waals surface area contributed by atoms with Gasteiger partial charge in [0.15, 0.2) is 0 Å². The van der Waals surface area contributed by atoms with E-state index in [9.17, 15) is 0 Å². The van der Waals surface area contributed by atoms with Crippen LogP contribution in [-0.4, -0.2) is 16.9 Å². The van der Waals surface area contributed by atoms with Gasteiger partial charge in [0.1, 0.15) is 0 Å². The normalized spacial score (nSPS) is 25.6. The molecule has 0 unspecified atom stereocenters.